The van der Waals surface area contributed by atoms with E-state index in [1.807, 2.05) is 48.5 Å². The molecular weight excluding hydrogens is 843 g/mol. The lowest BCUT2D eigenvalue weighted by Crippen LogP contribution is -2.45. The quantitative estimate of drug-likeness (QED) is 0.0554. The molecule has 10 nitrogen and oxygen atoms in total. The minimum absolute atomic E-state index is 0.0181. The van der Waals surface area contributed by atoms with E-state index < -0.39 is 16.8 Å². The van der Waals surface area contributed by atoms with Gasteiger partial charge < -0.3 is 46.1 Å². The van der Waals surface area contributed by atoms with Gasteiger partial charge in [-0.05, 0) is 150 Å². The number of benzene rings is 3. The van der Waals surface area contributed by atoms with Crippen LogP contribution in [0, 0.1) is 29.5 Å². The van der Waals surface area contributed by atoms with E-state index in [2.05, 4.69) is 21.3 Å². The lowest BCUT2D eigenvalue weighted by atomic mass is 9.74. The highest BCUT2D eigenvalue weighted by atomic mass is 35.5. The first-order valence-corrected chi connectivity index (χ1v) is 25.0. The van der Waals surface area contributed by atoms with Gasteiger partial charge in [0.1, 0.15) is 11.6 Å². The summed E-state index contributed by atoms with van der Waals surface area (Å²) in [5.74, 6) is 1.80. The van der Waals surface area contributed by atoms with Gasteiger partial charge in [0.05, 0.1) is 23.9 Å². The highest BCUT2D eigenvalue weighted by Gasteiger charge is 2.42. The topological polar surface area (TPSA) is 144 Å². The SMILES string of the molecule is CC(=O)NCCCC(O)(c1ccccc1F)C1CCCNC1.COCCCC[C@@](O)(c1cccc(OC)c1)C1CCCNC1.O[C@](CCCC1CC1)(c1cccc(Cl)c1)C1CCCNC1. The molecule has 3 aromatic carbocycles. The number of aliphatic hydroxyl groups is 3. The van der Waals surface area contributed by atoms with Crippen molar-refractivity contribution in [3.05, 3.63) is 100 Å². The van der Waals surface area contributed by atoms with Gasteiger partial charge in [-0.15, -0.1) is 0 Å². The number of unbranched alkanes of at least 4 members (excludes halogenated alkanes) is 1. The number of halogens is 2. The molecule has 1 amide bonds. The molecule has 1 saturated carbocycles. The Labute approximate surface area is 394 Å². The van der Waals surface area contributed by atoms with Crippen molar-refractivity contribution in [1.29, 1.82) is 0 Å². The Kier molecular flexibility index (Phi) is 22.0. The van der Waals surface area contributed by atoms with Gasteiger partial charge in [0, 0.05) is 75.2 Å². The lowest BCUT2D eigenvalue weighted by molar-refractivity contribution is -0.119. The molecule has 3 heterocycles. The highest BCUT2D eigenvalue weighted by Crippen LogP contribution is 2.43. The second-order valence-electron chi connectivity index (χ2n) is 19.0. The van der Waals surface area contributed by atoms with Crippen LogP contribution in [0.3, 0.4) is 0 Å². The summed E-state index contributed by atoms with van der Waals surface area (Å²) in [6.07, 6.45) is 16.0. The summed E-state index contributed by atoms with van der Waals surface area (Å²) in [4.78, 5) is 11.0. The van der Waals surface area contributed by atoms with Crippen LogP contribution in [0.1, 0.15) is 126 Å². The van der Waals surface area contributed by atoms with Crippen LogP contribution >= 0.6 is 11.6 Å². The first kappa shape index (κ1) is 52.8. The van der Waals surface area contributed by atoms with Crippen LogP contribution in [-0.4, -0.2) is 87.9 Å². The zero-order valence-corrected chi connectivity index (χ0v) is 40.3. The largest absolute Gasteiger partial charge is 0.497 e. The fraction of sp³-hybridized carbons (Fsp3) is 0.642. The monoisotopic (exact) mass is 923 g/mol. The lowest BCUT2D eigenvalue weighted by Gasteiger charge is -2.39. The van der Waals surface area contributed by atoms with Crippen LogP contribution in [0.5, 0.6) is 5.75 Å². The molecule has 4 unspecified atom stereocenters. The fourth-order valence-electron chi connectivity index (χ4n) is 10.3. The maximum atomic E-state index is 14.2. The van der Waals surface area contributed by atoms with Gasteiger partial charge in [0.15, 0.2) is 0 Å². The summed E-state index contributed by atoms with van der Waals surface area (Å²) in [6, 6.07) is 22.2. The molecule has 362 valence electrons. The van der Waals surface area contributed by atoms with E-state index in [0.717, 1.165) is 138 Å². The summed E-state index contributed by atoms with van der Waals surface area (Å²) in [6.45, 7) is 8.24. The third kappa shape index (κ3) is 16.0. The zero-order chi connectivity index (χ0) is 46.5. The second-order valence-corrected chi connectivity index (χ2v) is 19.4. The molecule has 4 fully saturated rings. The Morgan fingerprint density at radius 3 is 1.78 bits per heavy atom. The smallest absolute Gasteiger partial charge is 0.216 e. The van der Waals surface area contributed by atoms with Crippen molar-refractivity contribution in [2.45, 2.75) is 126 Å². The Balaban J connectivity index is 0.000000183. The number of hydrogen-bond donors (Lipinski definition) is 7. The average Bonchev–Trinajstić information content (AvgIpc) is 4.17. The van der Waals surface area contributed by atoms with E-state index in [1.165, 1.54) is 32.3 Å². The molecule has 3 aliphatic heterocycles. The summed E-state index contributed by atoms with van der Waals surface area (Å²) < 4.78 is 24.7. The van der Waals surface area contributed by atoms with Crippen molar-refractivity contribution in [2.75, 3.05) is 66.6 Å². The van der Waals surface area contributed by atoms with E-state index in [0.29, 0.717) is 37.4 Å². The Bertz CT molecular complexity index is 1840. The zero-order valence-electron chi connectivity index (χ0n) is 39.5. The van der Waals surface area contributed by atoms with Gasteiger partial charge in [0.2, 0.25) is 5.91 Å². The van der Waals surface area contributed by atoms with Crippen LogP contribution in [0.2, 0.25) is 5.02 Å². The van der Waals surface area contributed by atoms with Gasteiger partial charge in [0.25, 0.3) is 0 Å². The minimum atomic E-state index is -1.20. The number of piperidine rings is 3. The molecule has 0 spiro atoms. The summed E-state index contributed by atoms with van der Waals surface area (Å²) >= 11 is 6.16. The Morgan fingerprint density at radius 2 is 1.26 bits per heavy atom. The normalized spacial score (nSPS) is 22.6. The maximum Gasteiger partial charge on any atom is 0.216 e. The summed E-state index contributed by atoms with van der Waals surface area (Å²) in [7, 11) is 3.39. The van der Waals surface area contributed by atoms with Gasteiger partial charge in [-0.25, -0.2) is 4.39 Å². The number of carbonyl (C=O) groups is 1. The maximum absolute atomic E-state index is 14.2. The molecular formula is C53H80ClFN4O6. The second kappa shape index (κ2) is 27.0. The fourth-order valence-corrected chi connectivity index (χ4v) is 10.5. The van der Waals surface area contributed by atoms with Gasteiger partial charge in [-0.1, -0.05) is 73.3 Å². The molecule has 3 saturated heterocycles. The number of rotatable bonds is 20. The van der Waals surface area contributed by atoms with Gasteiger partial charge in [-0.3, -0.25) is 4.79 Å². The third-order valence-electron chi connectivity index (χ3n) is 14.3. The van der Waals surface area contributed by atoms with E-state index in [4.69, 9.17) is 21.1 Å². The van der Waals surface area contributed by atoms with Gasteiger partial charge in [-0.2, -0.15) is 0 Å². The average molecular weight is 924 g/mol. The van der Waals surface area contributed by atoms with Crippen molar-refractivity contribution < 1.29 is 34.0 Å². The van der Waals surface area contributed by atoms with E-state index in [1.54, 1.807) is 32.4 Å². The molecule has 0 radical (unpaired) electrons. The number of methoxy groups -OCH3 is 2. The molecule has 1 aliphatic carbocycles. The molecule has 12 heteroatoms. The van der Waals surface area contributed by atoms with E-state index in [9.17, 15) is 24.5 Å². The van der Waals surface area contributed by atoms with Crippen LogP contribution in [0.25, 0.3) is 0 Å². The molecule has 0 bridgehead atoms. The molecule has 6 atom stereocenters. The summed E-state index contributed by atoms with van der Waals surface area (Å²) in [5.41, 5.74) is -0.385. The van der Waals surface area contributed by atoms with Crippen molar-refractivity contribution in [3.63, 3.8) is 0 Å². The van der Waals surface area contributed by atoms with E-state index >= 15 is 0 Å². The Morgan fingerprint density at radius 1 is 0.708 bits per heavy atom. The highest BCUT2D eigenvalue weighted by molar-refractivity contribution is 6.30. The van der Waals surface area contributed by atoms with Crippen LogP contribution in [0.15, 0.2) is 72.8 Å². The van der Waals surface area contributed by atoms with Crippen molar-refractivity contribution in [2.24, 2.45) is 23.7 Å². The molecule has 7 rings (SSSR count). The third-order valence-corrected chi connectivity index (χ3v) is 14.5. The number of ether oxygens (including phenoxy) is 2. The standard InChI is InChI=1S/C18H26ClNO.C18H29NO3.C17H25FN2O2/c19-17-7-1-5-15(12-17)18(21,10-2-4-14-8-9-14)16-6-3-11-20-13-16;1-21-12-4-3-10-18(20,16-8-6-11-19-14-16)15-7-5-9-17(13-15)22-2;1-13(21)20-11-5-9-17(22,14-6-4-10-19-12-14)15-7-2-3-8-16(15)18/h1,5,7,12,14,16,20-21H,2-4,6,8-11,13H2;5,7,9,13,16,19-20H,3-4,6,8,10-12,14H2,1-2H3;2-3,7-8,14,19,22H,4-6,9-12H2,1H3,(H,20,21)/t2*16?,18-;/m11./s1. The number of amides is 1. The van der Waals surface area contributed by atoms with E-state index in [-0.39, 0.29) is 23.6 Å². The molecule has 65 heavy (non-hydrogen) atoms. The van der Waals surface area contributed by atoms with Crippen LogP contribution in [0.4, 0.5) is 4.39 Å². The molecule has 3 aromatic rings. The number of carbonyl (C=O) groups excluding carboxylic acids is 1. The Hall–Kier alpha value is -3.13. The predicted molar refractivity (Wildman–Crippen MR) is 260 cm³/mol. The summed E-state index contributed by atoms with van der Waals surface area (Å²) in [5, 5.41) is 47.8. The number of hydrogen-bond acceptors (Lipinski definition) is 9. The molecule has 7 N–H and O–H groups in total. The van der Waals surface area contributed by atoms with Crippen LogP contribution in [-0.2, 0) is 26.3 Å². The van der Waals surface area contributed by atoms with Crippen molar-refractivity contribution >= 4 is 17.5 Å². The van der Waals surface area contributed by atoms with Crippen LogP contribution < -0.4 is 26.0 Å². The number of nitrogens with one attached hydrogen (secondary N) is 4. The first-order valence-electron chi connectivity index (χ1n) is 24.6. The first-order chi connectivity index (χ1) is 31.4. The van der Waals surface area contributed by atoms with Crippen molar-refractivity contribution in [1.82, 2.24) is 21.3 Å². The minimum Gasteiger partial charge on any atom is -0.497 e. The predicted octanol–water partition coefficient (Wildman–Crippen LogP) is 8.74. The molecule has 0 aromatic heterocycles. The van der Waals surface area contributed by atoms with Gasteiger partial charge >= 0.3 is 0 Å². The van der Waals surface area contributed by atoms with Crippen molar-refractivity contribution in [3.8, 4) is 5.75 Å². The molecule has 4 aliphatic rings.